The standard InChI is InChI=1S/C2H7O2P/c1-2(3)5-4/h2-5H,1H3. The van der Waals surface area contributed by atoms with E-state index in [1.165, 1.54) is 0 Å². The van der Waals surface area contributed by atoms with Crippen LogP contribution >= 0.6 is 8.81 Å². The Hall–Kier alpha value is 0.350. The molecule has 0 aromatic rings. The summed E-state index contributed by atoms with van der Waals surface area (Å²) in [6, 6.07) is 0. The molecule has 0 saturated heterocycles. The van der Waals surface area contributed by atoms with Crippen LogP contribution in [0.2, 0.25) is 0 Å². The summed E-state index contributed by atoms with van der Waals surface area (Å²) in [5, 5.41) is 8.12. The summed E-state index contributed by atoms with van der Waals surface area (Å²) < 4.78 is 0. The number of aliphatic hydroxyl groups is 1. The molecule has 0 aliphatic rings. The lowest BCUT2D eigenvalue weighted by atomic mass is 10.9. The maximum absolute atomic E-state index is 8.12. The molecule has 2 atom stereocenters. The quantitative estimate of drug-likeness (QED) is 0.446. The van der Waals surface area contributed by atoms with Crippen molar-refractivity contribution in [2.45, 2.75) is 12.8 Å². The van der Waals surface area contributed by atoms with Gasteiger partial charge in [0.15, 0.2) is 0 Å². The molecule has 0 saturated carbocycles. The van der Waals surface area contributed by atoms with Crippen molar-refractivity contribution in [3.63, 3.8) is 0 Å². The molecule has 2 nitrogen and oxygen atoms in total. The van der Waals surface area contributed by atoms with Crippen LogP contribution in [0.25, 0.3) is 0 Å². The fraction of sp³-hybridized carbons (Fsp3) is 1.00. The van der Waals surface area contributed by atoms with Crippen LogP contribution in [0.3, 0.4) is 0 Å². The lowest BCUT2D eigenvalue weighted by Gasteiger charge is -1.89. The minimum absolute atomic E-state index is 0.330. The third-order valence-electron chi connectivity index (χ3n) is 0.187. The van der Waals surface area contributed by atoms with Crippen molar-refractivity contribution in [1.29, 1.82) is 0 Å². The fourth-order valence-corrected chi connectivity index (χ4v) is 0. The molecule has 0 amide bonds. The van der Waals surface area contributed by atoms with E-state index >= 15 is 0 Å². The highest BCUT2D eigenvalue weighted by Gasteiger charge is 1.83. The van der Waals surface area contributed by atoms with Gasteiger partial charge in [-0.15, -0.1) is 0 Å². The van der Waals surface area contributed by atoms with Crippen molar-refractivity contribution in [2.24, 2.45) is 0 Å². The Labute approximate surface area is 32.7 Å². The zero-order valence-electron chi connectivity index (χ0n) is 2.97. The zero-order chi connectivity index (χ0) is 4.28. The molecule has 2 N–H and O–H groups in total. The molecule has 0 spiro atoms. The third kappa shape index (κ3) is 4.35. The van der Waals surface area contributed by atoms with E-state index in [2.05, 4.69) is 0 Å². The van der Waals surface area contributed by atoms with E-state index in [1.54, 1.807) is 6.92 Å². The van der Waals surface area contributed by atoms with Gasteiger partial charge >= 0.3 is 0 Å². The molecule has 0 bridgehead atoms. The van der Waals surface area contributed by atoms with Gasteiger partial charge in [-0.1, -0.05) is 0 Å². The molecule has 0 radical (unpaired) electrons. The summed E-state index contributed by atoms with van der Waals surface area (Å²) in [7, 11) is -0.330. The second-order valence-corrected chi connectivity index (χ2v) is 1.90. The number of hydrogen-bond donors (Lipinski definition) is 2. The topological polar surface area (TPSA) is 40.5 Å². The van der Waals surface area contributed by atoms with E-state index in [0.717, 1.165) is 0 Å². The third-order valence-corrected chi connectivity index (χ3v) is 0.561. The van der Waals surface area contributed by atoms with Crippen molar-refractivity contribution in [1.82, 2.24) is 0 Å². The molecular formula is C2H7O2P. The van der Waals surface area contributed by atoms with Gasteiger partial charge in [-0.2, -0.15) is 0 Å². The molecule has 0 aliphatic heterocycles. The Bertz CT molecular complexity index is 21.6. The van der Waals surface area contributed by atoms with Gasteiger partial charge in [0, 0.05) is 8.81 Å². The van der Waals surface area contributed by atoms with Crippen LogP contribution in [0, 0.1) is 0 Å². The zero-order valence-corrected chi connectivity index (χ0v) is 3.97. The average molecular weight is 94.0 g/mol. The second kappa shape index (κ2) is 2.58. The van der Waals surface area contributed by atoms with Crippen LogP contribution in [0.1, 0.15) is 6.92 Å². The summed E-state index contributed by atoms with van der Waals surface area (Å²) in [5.74, 6) is -0.532. The monoisotopic (exact) mass is 94.0 g/mol. The average Bonchev–Trinajstić information content (AvgIpc) is 1.38. The summed E-state index contributed by atoms with van der Waals surface area (Å²) in [4.78, 5) is 7.92. The highest BCUT2D eigenvalue weighted by atomic mass is 31.1. The summed E-state index contributed by atoms with van der Waals surface area (Å²) in [6.07, 6.45) is 0. The Balaban J connectivity index is 2.54. The molecule has 0 rings (SSSR count). The Kier molecular flexibility index (Phi) is 2.76. The highest BCUT2D eigenvalue weighted by molar-refractivity contribution is 7.31. The van der Waals surface area contributed by atoms with Gasteiger partial charge in [0.05, 0.1) is 5.85 Å². The Morgan fingerprint density at radius 1 is 1.80 bits per heavy atom. The van der Waals surface area contributed by atoms with Crippen LogP contribution in [0.15, 0.2) is 0 Å². The van der Waals surface area contributed by atoms with Gasteiger partial charge < -0.3 is 10.00 Å². The maximum Gasteiger partial charge on any atom is 0.0920 e. The second-order valence-electron chi connectivity index (χ2n) is 0.805. The van der Waals surface area contributed by atoms with E-state index in [1.807, 2.05) is 0 Å². The largest absolute Gasteiger partial charge is 0.387 e. The fourth-order valence-electron chi connectivity index (χ4n) is 0. The van der Waals surface area contributed by atoms with Crippen molar-refractivity contribution < 1.29 is 10.00 Å². The minimum Gasteiger partial charge on any atom is -0.387 e. The molecule has 5 heavy (non-hydrogen) atoms. The summed E-state index contributed by atoms with van der Waals surface area (Å²) in [5.41, 5.74) is 0. The highest BCUT2D eigenvalue weighted by Crippen LogP contribution is 2.05. The van der Waals surface area contributed by atoms with E-state index in [0.29, 0.717) is 0 Å². The molecule has 0 heterocycles. The SMILES string of the molecule is CC(O)PO. The molecular weight excluding hydrogens is 87.0 g/mol. The first kappa shape index (κ1) is 5.35. The maximum atomic E-state index is 8.12. The number of aliphatic hydroxyl groups excluding tert-OH is 1. The number of rotatable bonds is 1. The van der Waals surface area contributed by atoms with Gasteiger partial charge in [0.1, 0.15) is 0 Å². The molecule has 32 valence electrons. The Morgan fingerprint density at radius 2 is 2.00 bits per heavy atom. The van der Waals surface area contributed by atoms with Gasteiger partial charge in [-0.3, -0.25) is 0 Å². The van der Waals surface area contributed by atoms with E-state index in [4.69, 9.17) is 10.00 Å². The van der Waals surface area contributed by atoms with E-state index in [-0.39, 0.29) is 8.81 Å². The van der Waals surface area contributed by atoms with Crippen molar-refractivity contribution in [3.05, 3.63) is 0 Å². The van der Waals surface area contributed by atoms with Gasteiger partial charge in [-0.25, -0.2) is 0 Å². The lowest BCUT2D eigenvalue weighted by Crippen LogP contribution is -1.84. The first-order chi connectivity index (χ1) is 2.27. The van der Waals surface area contributed by atoms with Gasteiger partial charge in [0.2, 0.25) is 0 Å². The van der Waals surface area contributed by atoms with E-state index in [9.17, 15) is 0 Å². The van der Waals surface area contributed by atoms with Crippen LogP contribution in [0.4, 0.5) is 0 Å². The molecule has 2 unspecified atom stereocenters. The molecule has 0 aliphatic carbocycles. The van der Waals surface area contributed by atoms with Crippen molar-refractivity contribution >= 4 is 8.81 Å². The van der Waals surface area contributed by atoms with Gasteiger partial charge in [-0.05, 0) is 6.92 Å². The first-order valence-corrected chi connectivity index (χ1v) is 2.37. The van der Waals surface area contributed by atoms with Crippen LogP contribution in [-0.4, -0.2) is 15.8 Å². The number of hydrogen-bond acceptors (Lipinski definition) is 2. The van der Waals surface area contributed by atoms with E-state index < -0.39 is 5.85 Å². The van der Waals surface area contributed by atoms with Crippen LogP contribution in [-0.2, 0) is 0 Å². The van der Waals surface area contributed by atoms with Crippen molar-refractivity contribution in [2.75, 3.05) is 0 Å². The normalized spacial score (nSPS) is 17.4. The molecule has 0 aromatic heterocycles. The summed E-state index contributed by atoms with van der Waals surface area (Å²) >= 11 is 0. The van der Waals surface area contributed by atoms with Crippen molar-refractivity contribution in [3.8, 4) is 0 Å². The molecule has 3 heteroatoms. The predicted octanol–water partition coefficient (Wildman–Crippen LogP) is -0.0895. The molecule has 0 aromatic carbocycles. The lowest BCUT2D eigenvalue weighted by molar-refractivity contribution is 0.271. The van der Waals surface area contributed by atoms with Crippen LogP contribution < -0.4 is 0 Å². The predicted molar refractivity (Wildman–Crippen MR) is 22.2 cm³/mol. The summed E-state index contributed by atoms with van der Waals surface area (Å²) in [6.45, 7) is 1.54. The van der Waals surface area contributed by atoms with Gasteiger partial charge in [0.25, 0.3) is 0 Å². The molecule has 0 fully saturated rings. The minimum atomic E-state index is -0.532. The Morgan fingerprint density at radius 3 is 2.00 bits per heavy atom. The first-order valence-electron chi connectivity index (χ1n) is 1.35. The van der Waals surface area contributed by atoms with Crippen LogP contribution in [0.5, 0.6) is 0 Å². The smallest absolute Gasteiger partial charge is 0.0920 e.